The zero-order valence-electron chi connectivity index (χ0n) is 12.2. The lowest BCUT2D eigenvalue weighted by molar-refractivity contribution is 0.292. The number of fused-ring (bicyclic) bond motifs is 1. The zero-order chi connectivity index (χ0) is 13.8. The summed E-state index contributed by atoms with van der Waals surface area (Å²) in [5.41, 5.74) is 1.28. The van der Waals surface area contributed by atoms with E-state index in [1.807, 2.05) is 0 Å². The van der Waals surface area contributed by atoms with Crippen molar-refractivity contribution < 1.29 is 4.74 Å². The van der Waals surface area contributed by atoms with Crippen molar-refractivity contribution in [3.05, 3.63) is 42.0 Å². The first-order valence-corrected chi connectivity index (χ1v) is 7.64. The van der Waals surface area contributed by atoms with Crippen molar-refractivity contribution in [3.63, 3.8) is 0 Å². The molecule has 0 amide bonds. The Morgan fingerprint density at radius 3 is 2.75 bits per heavy atom. The van der Waals surface area contributed by atoms with Gasteiger partial charge in [-0.25, -0.2) is 0 Å². The molecule has 1 N–H and O–H groups in total. The van der Waals surface area contributed by atoms with E-state index in [1.165, 1.54) is 42.0 Å². The molecular weight excluding hydrogens is 246 g/mol. The molecule has 20 heavy (non-hydrogen) atoms. The standard InChI is InChI=1S/C18H23NO/c1-20-18-10-9-15-7-2-3-8-16(15)17(18)13-19-12-11-14-5-4-6-14/h2-3,7-10,14,19H,4-6,11-13H2,1H3. The summed E-state index contributed by atoms with van der Waals surface area (Å²) in [5, 5.41) is 6.16. The number of methoxy groups -OCH3 is 1. The zero-order valence-corrected chi connectivity index (χ0v) is 12.2. The van der Waals surface area contributed by atoms with Gasteiger partial charge in [-0.15, -0.1) is 0 Å². The second-order valence-electron chi connectivity index (χ2n) is 5.73. The average Bonchev–Trinajstić information content (AvgIpc) is 2.45. The van der Waals surface area contributed by atoms with E-state index in [2.05, 4.69) is 41.7 Å². The molecule has 1 aliphatic carbocycles. The van der Waals surface area contributed by atoms with Crippen LogP contribution in [0, 0.1) is 5.92 Å². The lowest BCUT2D eigenvalue weighted by atomic mass is 9.83. The normalized spacial score (nSPS) is 15.2. The molecule has 0 unspecified atom stereocenters. The summed E-state index contributed by atoms with van der Waals surface area (Å²) in [4.78, 5) is 0. The Labute approximate surface area is 121 Å². The number of nitrogens with one attached hydrogen (secondary N) is 1. The van der Waals surface area contributed by atoms with Gasteiger partial charge in [-0.2, -0.15) is 0 Å². The molecule has 0 aliphatic heterocycles. The molecule has 0 bridgehead atoms. The second kappa shape index (κ2) is 6.27. The molecule has 3 rings (SSSR count). The molecule has 2 aromatic carbocycles. The Balaban J connectivity index is 1.70. The Morgan fingerprint density at radius 2 is 2.00 bits per heavy atom. The molecule has 0 heterocycles. The van der Waals surface area contributed by atoms with Crippen molar-refractivity contribution in [3.8, 4) is 5.75 Å². The first kappa shape index (κ1) is 13.4. The number of hydrogen-bond donors (Lipinski definition) is 1. The Bertz CT molecular complexity index is 575. The Hall–Kier alpha value is -1.54. The highest BCUT2D eigenvalue weighted by atomic mass is 16.5. The molecule has 1 saturated carbocycles. The van der Waals surface area contributed by atoms with E-state index in [0.717, 1.165) is 24.8 Å². The molecule has 0 spiro atoms. The summed E-state index contributed by atoms with van der Waals surface area (Å²) in [7, 11) is 1.75. The van der Waals surface area contributed by atoms with Gasteiger partial charge in [-0.05, 0) is 35.7 Å². The van der Waals surface area contributed by atoms with Crippen LogP contribution in [0.25, 0.3) is 10.8 Å². The van der Waals surface area contributed by atoms with Crippen LogP contribution in [0.2, 0.25) is 0 Å². The summed E-state index contributed by atoms with van der Waals surface area (Å²) in [5.74, 6) is 1.96. The van der Waals surface area contributed by atoms with Gasteiger partial charge in [0, 0.05) is 12.1 Å². The van der Waals surface area contributed by atoms with Gasteiger partial charge < -0.3 is 10.1 Å². The van der Waals surface area contributed by atoms with E-state index in [-0.39, 0.29) is 0 Å². The van der Waals surface area contributed by atoms with Crippen LogP contribution >= 0.6 is 0 Å². The number of ether oxygens (including phenoxy) is 1. The van der Waals surface area contributed by atoms with E-state index in [0.29, 0.717) is 0 Å². The average molecular weight is 269 g/mol. The van der Waals surface area contributed by atoms with Gasteiger partial charge in [0.1, 0.15) is 5.75 Å². The molecule has 0 saturated heterocycles. The van der Waals surface area contributed by atoms with Gasteiger partial charge in [0.2, 0.25) is 0 Å². The van der Waals surface area contributed by atoms with Gasteiger partial charge in [0.15, 0.2) is 0 Å². The van der Waals surface area contributed by atoms with Crippen molar-refractivity contribution >= 4 is 10.8 Å². The maximum atomic E-state index is 5.52. The van der Waals surface area contributed by atoms with E-state index >= 15 is 0 Å². The molecular formula is C18H23NO. The van der Waals surface area contributed by atoms with Crippen molar-refractivity contribution in [2.24, 2.45) is 5.92 Å². The van der Waals surface area contributed by atoms with Gasteiger partial charge in [0.25, 0.3) is 0 Å². The topological polar surface area (TPSA) is 21.3 Å². The van der Waals surface area contributed by atoms with Crippen LogP contribution in [0.1, 0.15) is 31.2 Å². The van der Waals surface area contributed by atoms with Crippen molar-refractivity contribution in [2.45, 2.75) is 32.2 Å². The molecule has 2 nitrogen and oxygen atoms in total. The number of benzene rings is 2. The van der Waals surface area contributed by atoms with Gasteiger partial charge in [-0.1, -0.05) is 49.6 Å². The highest BCUT2D eigenvalue weighted by molar-refractivity contribution is 5.87. The summed E-state index contributed by atoms with van der Waals surface area (Å²) < 4.78 is 5.52. The lowest BCUT2D eigenvalue weighted by Crippen LogP contribution is -2.21. The predicted molar refractivity (Wildman–Crippen MR) is 84.2 cm³/mol. The quantitative estimate of drug-likeness (QED) is 0.796. The van der Waals surface area contributed by atoms with Gasteiger partial charge in [-0.3, -0.25) is 0 Å². The maximum Gasteiger partial charge on any atom is 0.123 e. The second-order valence-corrected chi connectivity index (χ2v) is 5.73. The monoisotopic (exact) mass is 269 g/mol. The third kappa shape index (κ3) is 2.80. The minimum atomic E-state index is 0.886. The molecule has 0 atom stereocenters. The van der Waals surface area contributed by atoms with Crippen LogP contribution in [0.5, 0.6) is 5.75 Å². The van der Waals surface area contributed by atoms with Crippen LogP contribution in [-0.4, -0.2) is 13.7 Å². The fourth-order valence-electron chi connectivity index (χ4n) is 2.99. The van der Waals surface area contributed by atoms with Crippen LogP contribution in [0.3, 0.4) is 0 Å². The van der Waals surface area contributed by atoms with E-state index < -0.39 is 0 Å². The molecule has 106 valence electrons. The van der Waals surface area contributed by atoms with Crippen molar-refractivity contribution in [1.29, 1.82) is 0 Å². The fraction of sp³-hybridized carbons (Fsp3) is 0.444. The van der Waals surface area contributed by atoms with Crippen LogP contribution in [-0.2, 0) is 6.54 Å². The third-order valence-corrected chi connectivity index (χ3v) is 4.47. The number of hydrogen-bond acceptors (Lipinski definition) is 2. The first-order valence-electron chi connectivity index (χ1n) is 7.64. The highest BCUT2D eigenvalue weighted by Crippen LogP contribution is 2.30. The van der Waals surface area contributed by atoms with E-state index in [1.54, 1.807) is 7.11 Å². The van der Waals surface area contributed by atoms with Crippen molar-refractivity contribution in [2.75, 3.05) is 13.7 Å². The van der Waals surface area contributed by atoms with Crippen LogP contribution in [0.15, 0.2) is 36.4 Å². The summed E-state index contributed by atoms with van der Waals surface area (Å²) in [6, 6.07) is 12.7. The number of rotatable bonds is 6. The molecule has 1 fully saturated rings. The minimum absolute atomic E-state index is 0.886. The minimum Gasteiger partial charge on any atom is -0.496 e. The van der Waals surface area contributed by atoms with Gasteiger partial charge >= 0.3 is 0 Å². The largest absolute Gasteiger partial charge is 0.496 e. The first-order chi connectivity index (χ1) is 9.88. The summed E-state index contributed by atoms with van der Waals surface area (Å²) in [6.07, 6.45) is 5.60. The molecule has 2 heteroatoms. The highest BCUT2D eigenvalue weighted by Gasteiger charge is 2.16. The van der Waals surface area contributed by atoms with E-state index in [4.69, 9.17) is 4.74 Å². The van der Waals surface area contributed by atoms with Gasteiger partial charge in [0.05, 0.1) is 7.11 Å². The third-order valence-electron chi connectivity index (χ3n) is 4.47. The smallest absolute Gasteiger partial charge is 0.123 e. The summed E-state index contributed by atoms with van der Waals surface area (Å²) >= 11 is 0. The Kier molecular flexibility index (Phi) is 4.22. The fourth-order valence-corrected chi connectivity index (χ4v) is 2.99. The SMILES string of the molecule is COc1ccc2ccccc2c1CNCCC1CCC1. The van der Waals surface area contributed by atoms with Crippen molar-refractivity contribution in [1.82, 2.24) is 5.32 Å². The lowest BCUT2D eigenvalue weighted by Gasteiger charge is -2.25. The Morgan fingerprint density at radius 1 is 1.15 bits per heavy atom. The molecule has 2 aromatic rings. The molecule has 1 aliphatic rings. The molecule has 0 aromatic heterocycles. The van der Waals surface area contributed by atoms with E-state index in [9.17, 15) is 0 Å². The van der Waals surface area contributed by atoms with Crippen LogP contribution < -0.4 is 10.1 Å². The summed E-state index contributed by atoms with van der Waals surface area (Å²) in [6.45, 7) is 1.99. The predicted octanol–water partition coefficient (Wildman–Crippen LogP) is 4.13. The van der Waals surface area contributed by atoms with Crippen LogP contribution in [0.4, 0.5) is 0 Å². The maximum absolute atomic E-state index is 5.52. The molecule has 0 radical (unpaired) electrons.